The van der Waals surface area contributed by atoms with E-state index in [0.717, 1.165) is 0 Å². The van der Waals surface area contributed by atoms with E-state index in [0.29, 0.717) is 0 Å². The van der Waals surface area contributed by atoms with Crippen molar-refractivity contribution in [3.8, 4) is 33.4 Å². The van der Waals surface area contributed by atoms with Crippen LogP contribution in [0.3, 0.4) is 0 Å². The van der Waals surface area contributed by atoms with Gasteiger partial charge in [-0.15, -0.1) is 0 Å². The Morgan fingerprint density at radius 1 is 0.317 bits per heavy atom. The van der Waals surface area contributed by atoms with Gasteiger partial charge in [0.25, 0.3) is 0 Å². The van der Waals surface area contributed by atoms with Crippen LogP contribution < -0.4 is 0 Å². The van der Waals surface area contributed by atoms with Crippen molar-refractivity contribution in [1.82, 2.24) is 0 Å². The van der Waals surface area contributed by atoms with Crippen molar-refractivity contribution < 1.29 is 0 Å². The zero-order valence-electron chi connectivity index (χ0n) is 23.9. The summed E-state index contributed by atoms with van der Waals surface area (Å²) < 4.78 is 0. The molecule has 41 heavy (non-hydrogen) atoms. The van der Waals surface area contributed by atoms with E-state index in [-0.39, 0.29) is 0 Å². The fraction of sp³-hybridized carbons (Fsp3) is 0.0732. The molecule has 0 aliphatic carbocycles. The zero-order valence-corrected chi connectivity index (χ0v) is 23.9. The number of benzene rings is 6. The number of hydrogen-bond donors (Lipinski definition) is 0. The van der Waals surface area contributed by atoms with Gasteiger partial charge in [-0.25, -0.2) is 0 Å². The highest BCUT2D eigenvalue weighted by atomic mass is 14.1. The maximum Gasteiger partial charge on any atom is -0.0105 e. The molecule has 0 amide bonds. The summed E-state index contributed by atoms with van der Waals surface area (Å²) in [5.74, 6) is 0. The van der Waals surface area contributed by atoms with Crippen LogP contribution in [-0.4, -0.2) is 0 Å². The second kappa shape index (κ2) is 11.7. The number of rotatable bonds is 6. The maximum absolute atomic E-state index is 2.31. The Balaban J connectivity index is 1.36. The summed E-state index contributed by atoms with van der Waals surface area (Å²) in [5.41, 5.74) is 16.0. The molecule has 0 saturated heterocycles. The van der Waals surface area contributed by atoms with E-state index in [9.17, 15) is 0 Å². The van der Waals surface area contributed by atoms with Crippen molar-refractivity contribution in [2.75, 3.05) is 0 Å². The van der Waals surface area contributed by atoms with Crippen LogP contribution >= 0.6 is 0 Å². The average Bonchev–Trinajstić information content (AvgIpc) is 3.02. The van der Waals surface area contributed by atoms with Crippen LogP contribution in [0.4, 0.5) is 0 Å². The minimum Gasteiger partial charge on any atom is -0.0587 e. The molecular formula is C41H34. The van der Waals surface area contributed by atoms with Crippen molar-refractivity contribution in [3.63, 3.8) is 0 Å². The highest BCUT2D eigenvalue weighted by Gasteiger charge is 2.09. The molecule has 0 aliphatic heterocycles. The van der Waals surface area contributed by atoms with E-state index in [1.54, 1.807) is 0 Å². The van der Waals surface area contributed by atoms with Gasteiger partial charge in [0.1, 0.15) is 0 Å². The van der Waals surface area contributed by atoms with E-state index in [1.807, 2.05) is 0 Å². The molecule has 0 aliphatic rings. The Morgan fingerprint density at radius 3 is 0.854 bits per heavy atom. The molecule has 0 heterocycles. The van der Waals surface area contributed by atoms with E-state index in [2.05, 4.69) is 172 Å². The van der Waals surface area contributed by atoms with Crippen molar-refractivity contribution in [2.24, 2.45) is 0 Å². The van der Waals surface area contributed by atoms with Gasteiger partial charge in [-0.1, -0.05) is 162 Å². The fourth-order valence-electron chi connectivity index (χ4n) is 5.19. The summed E-state index contributed by atoms with van der Waals surface area (Å²) in [6.07, 6.45) is 2.31. The van der Waals surface area contributed by atoms with Crippen molar-refractivity contribution in [2.45, 2.75) is 20.8 Å². The summed E-state index contributed by atoms with van der Waals surface area (Å²) in [4.78, 5) is 0. The quantitative estimate of drug-likeness (QED) is 0.189. The van der Waals surface area contributed by atoms with Crippen LogP contribution in [0.15, 0.2) is 146 Å². The van der Waals surface area contributed by atoms with E-state index >= 15 is 0 Å². The summed E-state index contributed by atoms with van der Waals surface area (Å²) in [7, 11) is 0. The Morgan fingerprint density at radius 2 is 0.561 bits per heavy atom. The SMILES string of the molecule is Cc1ccc(-c2ccc(C=C(c3ccc(-c4ccc(C)cc4)cc3)c3ccc(-c4ccc(C)cc4)cc3)cc2)cc1. The van der Waals surface area contributed by atoms with Crippen molar-refractivity contribution >= 4 is 11.6 Å². The molecule has 0 radical (unpaired) electrons. The lowest BCUT2D eigenvalue weighted by molar-refractivity contribution is 1.46. The van der Waals surface area contributed by atoms with E-state index < -0.39 is 0 Å². The van der Waals surface area contributed by atoms with Gasteiger partial charge < -0.3 is 0 Å². The first-order valence-electron chi connectivity index (χ1n) is 14.3. The molecule has 0 heteroatoms. The normalized spacial score (nSPS) is 10.8. The second-order valence-electron chi connectivity index (χ2n) is 10.9. The van der Waals surface area contributed by atoms with Gasteiger partial charge in [0.15, 0.2) is 0 Å². The lowest BCUT2D eigenvalue weighted by Crippen LogP contribution is -1.90. The van der Waals surface area contributed by atoms with Gasteiger partial charge in [-0.2, -0.15) is 0 Å². The Bertz CT molecular complexity index is 1670. The largest absolute Gasteiger partial charge is 0.0587 e. The average molecular weight is 527 g/mol. The Kier molecular flexibility index (Phi) is 7.48. The molecule has 0 bridgehead atoms. The third kappa shape index (κ3) is 6.13. The van der Waals surface area contributed by atoms with Gasteiger partial charge in [0.2, 0.25) is 0 Å². The highest BCUT2D eigenvalue weighted by molar-refractivity contribution is 5.92. The van der Waals surface area contributed by atoms with Crippen LogP contribution in [0.5, 0.6) is 0 Å². The topological polar surface area (TPSA) is 0 Å². The first-order valence-corrected chi connectivity index (χ1v) is 14.3. The van der Waals surface area contributed by atoms with E-state index in [1.165, 1.54) is 72.3 Å². The third-order valence-electron chi connectivity index (χ3n) is 7.77. The molecule has 0 nitrogen and oxygen atoms in total. The third-order valence-corrected chi connectivity index (χ3v) is 7.77. The predicted molar refractivity (Wildman–Crippen MR) is 177 cm³/mol. The molecule has 0 N–H and O–H groups in total. The second-order valence-corrected chi connectivity index (χ2v) is 10.9. The summed E-state index contributed by atoms with van der Waals surface area (Å²) in [6, 6.07) is 53.0. The maximum atomic E-state index is 2.31. The van der Waals surface area contributed by atoms with E-state index in [4.69, 9.17) is 0 Å². The smallest absolute Gasteiger partial charge is 0.0105 e. The molecule has 0 unspecified atom stereocenters. The molecule has 0 atom stereocenters. The molecule has 6 aromatic rings. The molecule has 6 aromatic carbocycles. The number of hydrogen-bond acceptors (Lipinski definition) is 0. The van der Waals surface area contributed by atoms with Gasteiger partial charge >= 0.3 is 0 Å². The van der Waals surface area contributed by atoms with Gasteiger partial charge in [0.05, 0.1) is 0 Å². The standard InChI is InChI=1S/C41H34/c1-29-4-12-33(13-5-29)36-18-10-32(11-19-36)28-41(39-24-20-37(21-25-39)34-14-6-30(2)7-15-34)40-26-22-38(23-27-40)35-16-8-31(3)9-17-35/h4-28H,1-3H3. The molecule has 198 valence electrons. The van der Waals surface area contributed by atoms with Gasteiger partial charge in [-0.05, 0) is 82.5 Å². The Labute approximate surface area is 244 Å². The van der Waals surface area contributed by atoms with Crippen LogP contribution in [0.2, 0.25) is 0 Å². The lowest BCUT2D eigenvalue weighted by atomic mass is 9.92. The lowest BCUT2D eigenvalue weighted by Gasteiger charge is -2.12. The summed E-state index contributed by atoms with van der Waals surface area (Å²) in [5, 5.41) is 0. The monoisotopic (exact) mass is 526 g/mol. The summed E-state index contributed by atoms with van der Waals surface area (Å²) >= 11 is 0. The van der Waals surface area contributed by atoms with Crippen molar-refractivity contribution in [3.05, 3.63) is 179 Å². The fourth-order valence-corrected chi connectivity index (χ4v) is 5.19. The van der Waals surface area contributed by atoms with Crippen LogP contribution in [-0.2, 0) is 0 Å². The molecule has 0 aromatic heterocycles. The molecule has 6 rings (SSSR count). The van der Waals surface area contributed by atoms with Gasteiger partial charge in [-0.3, -0.25) is 0 Å². The molecule has 0 fully saturated rings. The highest BCUT2D eigenvalue weighted by Crippen LogP contribution is 2.31. The van der Waals surface area contributed by atoms with Crippen LogP contribution in [0, 0.1) is 20.8 Å². The Hall–Kier alpha value is -4.94. The minimum absolute atomic E-state index is 1.18. The zero-order chi connectivity index (χ0) is 28.2. The summed E-state index contributed by atoms with van der Waals surface area (Å²) in [6.45, 7) is 6.38. The molecular weight excluding hydrogens is 492 g/mol. The first-order chi connectivity index (χ1) is 20.0. The van der Waals surface area contributed by atoms with Crippen LogP contribution in [0.1, 0.15) is 33.4 Å². The number of aryl methyl sites for hydroxylation is 3. The minimum atomic E-state index is 1.18. The predicted octanol–water partition coefficient (Wildman–Crippen LogP) is 11.2. The van der Waals surface area contributed by atoms with Crippen molar-refractivity contribution in [1.29, 1.82) is 0 Å². The van der Waals surface area contributed by atoms with Crippen LogP contribution in [0.25, 0.3) is 45.0 Å². The molecule has 0 saturated carbocycles. The van der Waals surface area contributed by atoms with Gasteiger partial charge in [0, 0.05) is 0 Å². The molecule has 0 spiro atoms. The first kappa shape index (κ1) is 26.3.